The van der Waals surface area contributed by atoms with Crippen LogP contribution >= 0.6 is 23.2 Å². The highest BCUT2D eigenvalue weighted by Crippen LogP contribution is 2.50. The molecule has 0 spiro atoms. The van der Waals surface area contributed by atoms with E-state index >= 15 is 0 Å². The van der Waals surface area contributed by atoms with Crippen molar-refractivity contribution < 1.29 is 14.9 Å². The molecule has 20 heavy (non-hydrogen) atoms. The number of fused-ring (bicyclic) bond motifs is 1. The monoisotopic (exact) mass is 317 g/mol. The largest absolute Gasteiger partial charge is 0.506 e. The minimum absolute atomic E-state index is 0.100. The number of nitrogens with two attached hydrogens (primary N) is 1. The third-order valence-electron chi connectivity index (χ3n) is 2.94. The number of aliphatic hydroxyl groups excluding tert-OH is 2. The van der Waals surface area contributed by atoms with E-state index in [4.69, 9.17) is 38.8 Å². The highest BCUT2D eigenvalue weighted by Gasteiger charge is 2.51. The Kier molecular flexibility index (Phi) is 2.89. The normalized spacial score (nSPS) is 21.4. The Morgan fingerprint density at radius 3 is 2.85 bits per heavy atom. The predicted molar refractivity (Wildman–Crippen MR) is 70.2 cm³/mol. The van der Waals surface area contributed by atoms with Crippen LogP contribution in [0.4, 0.5) is 5.82 Å². The van der Waals surface area contributed by atoms with Crippen LogP contribution in [0.2, 0.25) is 0 Å². The van der Waals surface area contributed by atoms with E-state index < -0.39 is 22.8 Å². The van der Waals surface area contributed by atoms with Crippen LogP contribution in [0.3, 0.4) is 0 Å². The summed E-state index contributed by atoms with van der Waals surface area (Å²) in [7, 11) is 0. The first kappa shape index (κ1) is 13.2. The Balaban J connectivity index is 2.12. The number of aromatic nitrogens is 4. The summed E-state index contributed by atoms with van der Waals surface area (Å²) in [6.07, 6.45) is 1.67. The molecule has 0 unspecified atom stereocenters. The fraction of sp³-hybridized carbons (Fsp3) is 0.300. The summed E-state index contributed by atoms with van der Waals surface area (Å²) >= 11 is 12.2. The zero-order valence-electron chi connectivity index (χ0n) is 9.86. The smallest absolute Gasteiger partial charge is 0.220 e. The van der Waals surface area contributed by atoms with Gasteiger partial charge in [0.1, 0.15) is 18.6 Å². The first-order valence-electron chi connectivity index (χ1n) is 5.48. The number of hydrogen-bond acceptors (Lipinski definition) is 7. The molecular weight excluding hydrogens is 309 g/mol. The lowest BCUT2D eigenvalue weighted by atomic mass is 10.2. The molecule has 1 aliphatic rings. The van der Waals surface area contributed by atoms with Gasteiger partial charge in [0.15, 0.2) is 29.1 Å². The van der Waals surface area contributed by atoms with Gasteiger partial charge in [-0.2, -0.15) is 5.10 Å². The quantitative estimate of drug-likeness (QED) is 0.698. The molecule has 8 nitrogen and oxygen atoms in total. The second kappa shape index (κ2) is 4.37. The van der Waals surface area contributed by atoms with Gasteiger partial charge in [-0.3, -0.25) is 0 Å². The minimum atomic E-state index is -1.76. The Morgan fingerprint density at radius 2 is 2.20 bits per heavy atom. The maximum absolute atomic E-state index is 9.86. The molecule has 0 radical (unpaired) electrons. The molecule has 10 heteroatoms. The zero-order valence-corrected chi connectivity index (χ0v) is 11.4. The molecular formula is C10H9Cl2N5O3. The van der Waals surface area contributed by atoms with Gasteiger partial charge in [-0.05, 0) is 0 Å². The number of halogens is 2. The van der Waals surface area contributed by atoms with Gasteiger partial charge in [-0.15, -0.1) is 0 Å². The molecule has 0 aromatic carbocycles. The van der Waals surface area contributed by atoms with Crippen molar-refractivity contribution in [3.63, 3.8) is 0 Å². The first-order valence-corrected chi connectivity index (χ1v) is 6.24. The third kappa shape index (κ3) is 1.69. The molecule has 2 aromatic rings. The summed E-state index contributed by atoms with van der Waals surface area (Å²) in [4.78, 5) is 7.86. The standard InChI is InChI=1S/C10H9Cl2N5O3/c11-10(12)6(19)5(2-18)20-7(10)4-1-14-9-8(13)15-3-16-17(4)9/h1,3,7,18-19H,2H2,(H2,13,15,16)/t7-/m0/s1. The summed E-state index contributed by atoms with van der Waals surface area (Å²) in [5.41, 5.74) is 6.36. The number of imidazole rings is 1. The third-order valence-corrected chi connectivity index (χ3v) is 3.69. The number of nitrogens with zero attached hydrogens (tertiary/aromatic N) is 4. The van der Waals surface area contributed by atoms with E-state index in [1.54, 1.807) is 0 Å². The van der Waals surface area contributed by atoms with E-state index in [-0.39, 0.29) is 11.6 Å². The van der Waals surface area contributed by atoms with Gasteiger partial charge in [0.05, 0.1) is 6.20 Å². The SMILES string of the molecule is Nc1ncnn2c([C@@H]3OC(CO)=C(O)C3(Cl)Cl)cnc12. The van der Waals surface area contributed by atoms with Crippen LogP contribution in [0.15, 0.2) is 24.0 Å². The summed E-state index contributed by atoms with van der Waals surface area (Å²) in [6, 6.07) is 0. The molecule has 0 amide bonds. The second-order valence-electron chi connectivity index (χ2n) is 4.11. The molecule has 4 N–H and O–H groups in total. The van der Waals surface area contributed by atoms with Gasteiger partial charge < -0.3 is 20.7 Å². The number of nitrogen functional groups attached to an aromatic ring is 1. The van der Waals surface area contributed by atoms with Gasteiger partial charge >= 0.3 is 0 Å². The van der Waals surface area contributed by atoms with E-state index in [1.165, 1.54) is 17.0 Å². The molecule has 3 rings (SSSR count). The molecule has 3 heterocycles. The maximum Gasteiger partial charge on any atom is 0.220 e. The van der Waals surface area contributed by atoms with Crippen molar-refractivity contribution in [2.24, 2.45) is 0 Å². The summed E-state index contributed by atoms with van der Waals surface area (Å²) in [5, 5.41) is 23.0. The molecule has 0 fully saturated rings. The van der Waals surface area contributed by atoms with Crippen molar-refractivity contribution in [1.29, 1.82) is 0 Å². The summed E-state index contributed by atoms with van der Waals surface area (Å²) in [6.45, 7) is -0.530. The Hall–Kier alpha value is -1.77. The molecule has 1 atom stereocenters. The Bertz CT molecular complexity index is 714. The fourth-order valence-corrected chi connectivity index (χ4v) is 2.49. The Labute approximate surface area is 122 Å². The lowest BCUT2D eigenvalue weighted by Crippen LogP contribution is -2.23. The highest BCUT2D eigenvalue weighted by atomic mass is 35.5. The first-order chi connectivity index (χ1) is 9.46. The average Bonchev–Trinajstić information content (AvgIpc) is 2.92. The van der Waals surface area contributed by atoms with E-state index in [9.17, 15) is 5.11 Å². The van der Waals surface area contributed by atoms with Crippen LogP contribution in [0.25, 0.3) is 5.65 Å². The van der Waals surface area contributed by atoms with Crippen LogP contribution < -0.4 is 5.73 Å². The lowest BCUT2D eigenvalue weighted by molar-refractivity contribution is 0.106. The number of ether oxygens (including phenoxy) is 1. The van der Waals surface area contributed by atoms with Crippen molar-refractivity contribution in [2.45, 2.75) is 10.4 Å². The fourth-order valence-electron chi connectivity index (χ4n) is 1.97. The minimum Gasteiger partial charge on any atom is -0.506 e. The Morgan fingerprint density at radius 1 is 1.45 bits per heavy atom. The van der Waals surface area contributed by atoms with Gasteiger partial charge in [0.2, 0.25) is 4.33 Å². The van der Waals surface area contributed by atoms with E-state index in [0.29, 0.717) is 11.3 Å². The van der Waals surface area contributed by atoms with E-state index in [2.05, 4.69) is 15.1 Å². The maximum atomic E-state index is 9.86. The van der Waals surface area contributed by atoms with Crippen LogP contribution in [0.5, 0.6) is 0 Å². The van der Waals surface area contributed by atoms with Crippen molar-refractivity contribution in [1.82, 2.24) is 19.6 Å². The van der Waals surface area contributed by atoms with Gasteiger partial charge in [-0.1, -0.05) is 23.2 Å². The highest BCUT2D eigenvalue weighted by molar-refractivity contribution is 6.51. The lowest BCUT2D eigenvalue weighted by Gasteiger charge is -2.20. The number of anilines is 1. The number of rotatable bonds is 2. The van der Waals surface area contributed by atoms with Gasteiger partial charge in [0, 0.05) is 0 Å². The van der Waals surface area contributed by atoms with Crippen LogP contribution in [-0.4, -0.2) is 40.7 Å². The predicted octanol–water partition coefficient (Wildman–Crippen LogP) is 0.714. The van der Waals surface area contributed by atoms with Gasteiger partial charge in [0.25, 0.3) is 0 Å². The number of alkyl halides is 2. The molecule has 0 saturated heterocycles. The average molecular weight is 318 g/mol. The molecule has 106 valence electrons. The molecule has 0 aliphatic carbocycles. The van der Waals surface area contributed by atoms with Crippen LogP contribution in [-0.2, 0) is 4.74 Å². The second-order valence-corrected chi connectivity index (χ2v) is 5.50. The molecule has 0 bridgehead atoms. The molecule has 0 saturated carbocycles. The van der Waals surface area contributed by atoms with Crippen molar-refractivity contribution >= 4 is 34.7 Å². The summed E-state index contributed by atoms with van der Waals surface area (Å²) < 4.78 is 4.99. The van der Waals surface area contributed by atoms with Crippen LogP contribution in [0, 0.1) is 0 Å². The topological polar surface area (TPSA) is 119 Å². The number of hydrogen-bond donors (Lipinski definition) is 3. The van der Waals surface area contributed by atoms with Crippen molar-refractivity contribution in [3.05, 3.63) is 29.7 Å². The van der Waals surface area contributed by atoms with E-state index in [1.807, 2.05) is 0 Å². The number of aliphatic hydroxyl groups is 2. The zero-order chi connectivity index (χ0) is 14.5. The molecule has 1 aliphatic heterocycles. The summed E-state index contributed by atoms with van der Waals surface area (Å²) in [5.74, 6) is -0.360. The van der Waals surface area contributed by atoms with E-state index in [0.717, 1.165) is 0 Å². The van der Waals surface area contributed by atoms with Crippen LogP contribution in [0.1, 0.15) is 11.8 Å². The van der Waals surface area contributed by atoms with Crippen molar-refractivity contribution in [3.8, 4) is 0 Å². The van der Waals surface area contributed by atoms with Crippen molar-refractivity contribution in [2.75, 3.05) is 12.3 Å². The molecule has 2 aromatic heterocycles. The van der Waals surface area contributed by atoms with Gasteiger partial charge in [-0.25, -0.2) is 14.5 Å².